The molecular weight excluding hydrogens is 331 g/mol. The second kappa shape index (κ2) is 6.16. The fourth-order valence-electron chi connectivity index (χ4n) is 3.66. The number of hydrogen-bond acceptors (Lipinski definition) is 3. The molecule has 0 spiro atoms. The molecule has 1 saturated carbocycles. The molecular formula is C17H18ClFN4O. The quantitative estimate of drug-likeness (QED) is 0.856. The number of carbonyl (C=O) groups is 1. The monoisotopic (exact) mass is 348 g/mol. The van der Waals surface area contributed by atoms with Gasteiger partial charge in [-0.25, -0.2) is 14.1 Å². The number of rotatable bonds is 3. The van der Waals surface area contributed by atoms with E-state index in [0.29, 0.717) is 23.6 Å². The van der Waals surface area contributed by atoms with Crippen molar-refractivity contribution in [2.24, 2.45) is 5.92 Å². The molecule has 1 aromatic carbocycles. The van der Waals surface area contributed by atoms with Crippen molar-refractivity contribution < 1.29 is 9.18 Å². The first-order valence-electron chi connectivity index (χ1n) is 8.22. The van der Waals surface area contributed by atoms with E-state index in [0.717, 1.165) is 19.4 Å². The number of amides is 1. The van der Waals surface area contributed by atoms with Crippen LogP contribution in [0.2, 0.25) is 5.02 Å². The van der Waals surface area contributed by atoms with Gasteiger partial charge in [-0.05, 0) is 31.4 Å². The van der Waals surface area contributed by atoms with Crippen LogP contribution in [0.25, 0.3) is 0 Å². The Bertz CT molecular complexity index is 731. The van der Waals surface area contributed by atoms with E-state index in [1.807, 2.05) is 9.58 Å². The Morgan fingerprint density at radius 2 is 2.25 bits per heavy atom. The zero-order valence-corrected chi connectivity index (χ0v) is 13.9. The predicted octanol–water partition coefficient (Wildman–Crippen LogP) is 3.04. The molecule has 1 aliphatic carbocycles. The molecule has 1 aromatic heterocycles. The first-order valence-corrected chi connectivity index (χ1v) is 8.59. The molecule has 0 radical (unpaired) electrons. The molecule has 1 saturated heterocycles. The average molecular weight is 349 g/mol. The van der Waals surface area contributed by atoms with Crippen LogP contribution in [-0.4, -0.2) is 38.7 Å². The molecule has 0 N–H and O–H groups in total. The molecule has 0 unspecified atom stereocenters. The number of benzene rings is 1. The summed E-state index contributed by atoms with van der Waals surface area (Å²) in [6.45, 7) is 1.38. The van der Waals surface area contributed by atoms with E-state index < -0.39 is 0 Å². The summed E-state index contributed by atoms with van der Waals surface area (Å²) in [5.74, 6) is -0.474. The van der Waals surface area contributed by atoms with Gasteiger partial charge in [0.15, 0.2) is 0 Å². The second-order valence-corrected chi connectivity index (χ2v) is 6.95. The third-order valence-electron chi connectivity index (χ3n) is 5.00. The van der Waals surface area contributed by atoms with E-state index in [4.69, 9.17) is 11.6 Å². The molecule has 1 amide bonds. The maximum absolute atomic E-state index is 14.0. The summed E-state index contributed by atoms with van der Waals surface area (Å²) in [7, 11) is 0. The molecule has 2 heterocycles. The Morgan fingerprint density at radius 1 is 1.38 bits per heavy atom. The van der Waals surface area contributed by atoms with Crippen molar-refractivity contribution in [3.05, 3.63) is 47.3 Å². The lowest BCUT2D eigenvalue weighted by atomic mass is 10.0. The summed E-state index contributed by atoms with van der Waals surface area (Å²) < 4.78 is 15.9. The van der Waals surface area contributed by atoms with E-state index in [-0.39, 0.29) is 29.6 Å². The van der Waals surface area contributed by atoms with Gasteiger partial charge in [0, 0.05) is 35.5 Å². The summed E-state index contributed by atoms with van der Waals surface area (Å²) in [5, 5.41) is 4.59. The summed E-state index contributed by atoms with van der Waals surface area (Å²) in [4.78, 5) is 18.7. The number of piperidine rings is 1. The molecule has 2 aromatic rings. The normalized spacial score (nSPS) is 26.4. The molecule has 4 rings (SSSR count). The third-order valence-corrected chi connectivity index (χ3v) is 5.33. The molecule has 24 heavy (non-hydrogen) atoms. The standard InChI is InChI=1S/C17H18ClFN4O/c18-14-4-1-5-15(19)16(14)12-7-13(12)17(24)22-6-2-3-11(8-22)23-10-20-9-21-23/h1,4-5,9-13H,2-3,6-8H2/t11-,12-,13+/m0/s1. The summed E-state index contributed by atoms with van der Waals surface area (Å²) in [6.07, 6.45) is 5.80. The van der Waals surface area contributed by atoms with Gasteiger partial charge in [0.25, 0.3) is 0 Å². The highest BCUT2D eigenvalue weighted by atomic mass is 35.5. The number of likely N-dealkylation sites (tertiary alicyclic amines) is 1. The Kier molecular flexibility index (Phi) is 4.00. The van der Waals surface area contributed by atoms with Gasteiger partial charge >= 0.3 is 0 Å². The van der Waals surface area contributed by atoms with Crippen molar-refractivity contribution in [2.45, 2.75) is 31.2 Å². The van der Waals surface area contributed by atoms with Gasteiger partial charge in [-0.3, -0.25) is 4.79 Å². The minimum absolute atomic E-state index is 0.0991. The van der Waals surface area contributed by atoms with Gasteiger partial charge in [-0.15, -0.1) is 0 Å². The van der Waals surface area contributed by atoms with Crippen LogP contribution >= 0.6 is 11.6 Å². The van der Waals surface area contributed by atoms with Crippen LogP contribution in [-0.2, 0) is 4.79 Å². The third kappa shape index (κ3) is 2.79. The SMILES string of the molecule is O=C([C@@H]1C[C@@H]1c1c(F)cccc1Cl)N1CCC[C@H](n2cncn2)C1. The second-order valence-electron chi connectivity index (χ2n) is 6.54. The minimum Gasteiger partial charge on any atom is -0.340 e. The molecule has 2 fully saturated rings. The molecule has 2 aliphatic rings. The Hall–Kier alpha value is -1.95. The zero-order chi connectivity index (χ0) is 16.7. The lowest BCUT2D eigenvalue weighted by molar-refractivity contribution is -0.134. The van der Waals surface area contributed by atoms with Crippen LogP contribution < -0.4 is 0 Å². The van der Waals surface area contributed by atoms with Crippen molar-refractivity contribution in [3.8, 4) is 0 Å². The Labute approximate surface area is 144 Å². The Balaban J connectivity index is 1.45. The van der Waals surface area contributed by atoms with E-state index in [9.17, 15) is 9.18 Å². The van der Waals surface area contributed by atoms with Crippen molar-refractivity contribution >= 4 is 17.5 Å². The van der Waals surface area contributed by atoms with Crippen LogP contribution in [0.1, 0.15) is 36.8 Å². The van der Waals surface area contributed by atoms with E-state index in [1.165, 1.54) is 12.4 Å². The summed E-state index contributed by atoms with van der Waals surface area (Å²) in [6, 6.07) is 4.84. The first-order chi connectivity index (χ1) is 11.6. The van der Waals surface area contributed by atoms with Gasteiger partial charge in [0.1, 0.15) is 18.5 Å². The van der Waals surface area contributed by atoms with Crippen molar-refractivity contribution in [1.29, 1.82) is 0 Å². The van der Waals surface area contributed by atoms with Gasteiger partial charge in [0.2, 0.25) is 5.91 Å². The highest BCUT2D eigenvalue weighted by Gasteiger charge is 2.48. The molecule has 3 atom stereocenters. The molecule has 126 valence electrons. The number of nitrogens with zero attached hydrogens (tertiary/aromatic N) is 4. The topological polar surface area (TPSA) is 51.0 Å². The van der Waals surface area contributed by atoms with Crippen molar-refractivity contribution in [3.63, 3.8) is 0 Å². The van der Waals surface area contributed by atoms with Gasteiger partial charge in [-0.2, -0.15) is 5.10 Å². The largest absolute Gasteiger partial charge is 0.340 e. The van der Waals surface area contributed by atoms with Crippen LogP contribution in [0, 0.1) is 11.7 Å². The number of hydrogen-bond donors (Lipinski definition) is 0. The van der Waals surface area contributed by atoms with Crippen molar-refractivity contribution in [1.82, 2.24) is 19.7 Å². The van der Waals surface area contributed by atoms with Gasteiger partial charge in [-0.1, -0.05) is 17.7 Å². The molecule has 1 aliphatic heterocycles. The average Bonchev–Trinajstić information content (AvgIpc) is 3.16. The highest BCUT2D eigenvalue weighted by Crippen LogP contribution is 2.51. The minimum atomic E-state index is -0.318. The van der Waals surface area contributed by atoms with Crippen LogP contribution in [0.5, 0.6) is 0 Å². The number of halogens is 2. The lowest BCUT2D eigenvalue weighted by Crippen LogP contribution is -2.41. The van der Waals surface area contributed by atoms with Crippen LogP contribution in [0.15, 0.2) is 30.9 Å². The lowest BCUT2D eigenvalue weighted by Gasteiger charge is -2.32. The molecule has 0 bridgehead atoms. The molecule has 5 nitrogen and oxygen atoms in total. The smallest absolute Gasteiger partial charge is 0.226 e. The highest BCUT2D eigenvalue weighted by molar-refractivity contribution is 6.31. The van der Waals surface area contributed by atoms with Crippen molar-refractivity contribution in [2.75, 3.05) is 13.1 Å². The van der Waals surface area contributed by atoms with Gasteiger partial charge in [0.05, 0.1) is 6.04 Å². The number of aromatic nitrogens is 3. The van der Waals surface area contributed by atoms with E-state index in [2.05, 4.69) is 10.1 Å². The zero-order valence-electron chi connectivity index (χ0n) is 13.1. The predicted molar refractivity (Wildman–Crippen MR) is 87.1 cm³/mol. The van der Waals surface area contributed by atoms with Crippen LogP contribution in [0.4, 0.5) is 4.39 Å². The van der Waals surface area contributed by atoms with Gasteiger partial charge < -0.3 is 4.90 Å². The fourth-order valence-corrected chi connectivity index (χ4v) is 3.97. The maximum Gasteiger partial charge on any atom is 0.226 e. The van der Waals surface area contributed by atoms with Crippen LogP contribution in [0.3, 0.4) is 0 Å². The summed E-state index contributed by atoms with van der Waals surface area (Å²) >= 11 is 6.13. The summed E-state index contributed by atoms with van der Waals surface area (Å²) in [5.41, 5.74) is 0.488. The van der Waals surface area contributed by atoms with E-state index >= 15 is 0 Å². The first kappa shape index (κ1) is 15.6. The van der Waals surface area contributed by atoms with E-state index in [1.54, 1.807) is 18.5 Å². The Morgan fingerprint density at radius 3 is 3.00 bits per heavy atom. The fraction of sp³-hybridized carbons (Fsp3) is 0.471. The number of carbonyl (C=O) groups excluding carboxylic acids is 1. The maximum atomic E-state index is 14.0. The molecule has 7 heteroatoms.